The van der Waals surface area contributed by atoms with Gasteiger partial charge in [0.15, 0.2) is 12.4 Å². The largest absolute Gasteiger partial charge is 0.483 e. The number of imide groups is 1. The maximum absolute atomic E-state index is 14.1. The van der Waals surface area contributed by atoms with Gasteiger partial charge in [-0.05, 0) is 0 Å². The lowest BCUT2D eigenvalue weighted by atomic mass is 10.0. The Morgan fingerprint density at radius 1 is 1.00 bits per heavy atom. The molecule has 0 aliphatic carbocycles. The zero-order valence-corrected chi connectivity index (χ0v) is 19.8. The van der Waals surface area contributed by atoms with Gasteiger partial charge in [-0.25, -0.2) is 18.3 Å². The number of carbonyl (C=O) groups excluding carboxylic acids is 2. The predicted molar refractivity (Wildman–Crippen MR) is 106 cm³/mol. The lowest BCUT2D eigenvalue weighted by molar-refractivity contribution is -0.265. The minimum absolute atomic E-state index is 0.124. The number of phosphoric ester groups is 2. The highest BCUT2D eigenvalue weighted by molar-refractivity contribution is 7.61. The third-order valence-electron chi connectivity index (χ3n) is 5.38. The zero-order chi connectivity index (χ0) is 27.0. The molecule has 21 heteroatoms. The molecule has 0 spiro atoms. The summed E-state index contributed by atoms with van der Waals surface area (Å²) in [5.41, 5.74) is 0. The Balaban J connectivity index is 1.57. The Morgan fingerprint density at radius 3 is 2.25 bits per heavy atom. The number of ether oxygens (including phenoxy) is 2. The van der Waals surface area contributed by atoms with Crippen LogP contribution in [0.2, 0.25) is 0 Å². The number of nitrogens with one attached hydrogen (secondary N) is 1. The van der Waals surface area contributed by atoms with Gasteiger partial charge in [0.1, 0.15) is 36.6 Å². The topological polar surface area (TPSA) is 271 Å². The minimum Gasteiger partial charge on any atom is -0.394 e. The molecule has 3 amide bonds. The van der Waals surface area contributed by atoms with Crippen molar-refractivity contribution >= 4 is 27.6 Å². The number of amides is 3. The van der Waals surface area contributed by atoms with Gasteiger partial charge in [0.05, 0.1) is 13.2 Å². The summed E-state index contributed by atoms with van der Waals surface area (Å²) in [4.78, 5) is 43.6. The van der Waals surface area contributed by atoms with E-state index in [1.165, 1.54) is 0 Å². The van der Waals surface area contributed by atoms with E-state index in [9.17, 15) is 53.3 Å². The second kappa shape index (κ2) is 11.3. The van der Waals surface area contributed by atoms with Crippen LogP contribution in [-0.2, 0) is 36.8 Å². The molecule has 3 rings (SSSR count). The number of phosphoric acid groups is 2. The van der Waals surface area contributed by atoms with Crippen molar-refractivity contribution in [2.45, 2.75) is 61.7 Å². The second-order valence-corrected chi connectivity index (χ2v) is 10.9. The van der Waals surface area contributed by atoms with E-state index in [2.05, 4.69) is 13.4 Å². The Labute approximate surface area is 201 Å². The number of halogens is 1. The van der Waals surface area contributed by atoms with E-state index in [4.69, 9.17) is 14.6 Å². The molecule has 0 aromatic heterocycles. The Hall–Kier alpha value is -1.15. The van der Waals surface area contributed by atoms with E-state index < -0.39 is 96.1 Å². The fourth-order valence-corrected chi connectivity index (χ4v) is 5.70. The van der Waals surface area contributed by atoms with E-state index in [0.29, 0.717) is 0 Å². The Morgan fingerprint density at radius 2 is 1.64 bits per heavy atom. The minimum atomic E-state index is -5.66. The van der Waals surface area contributed by atoms with Gasteiger partial charge < -0.3 is 44.8 Å². The van der Waals surface area contributed by atoms with Gasteiger partial charge in [0.25, 0.3) is 0 Å². The maximum atomic E-state index is 14.1. The summed E-state index contributed by atoms with van der Waals surface area (Å²) in [6.45, 7) is -2.14. The smallest absolute Gasteiger partial charge is 0.394 e. The standard InChI is InChI=1S/C15H25FN2O16P2/c16-8-11(23)9(21)5(3-19)32-14(8)33-36(28,29)34-35(26,27)30-4-6-10(22)12(24)13(31-6)18-2-1-7(20)17-15(18)25/h5-6,8-14,19,21-24H,1-4H2,(H,26,27)(H,28,29)(H,17,20,25)/t5-,6-,8-,9-,10-,11-,12-,13-,14-/m1/s1. The summed E-state index contributed by atoms with van der Waals surface area (Å²) in [5, 5.41) is 50.5. The molecule has 0 aromatic carbocycles. The number of rotatable bonds is 9. The van der Waals surface area contributed by atoms with Gasteiger partial charge in [-0.15, -0.1) is 0 Å². The average molecular weight is 570 g/mol. The van der Waals surface area contributed by atoms with Crippen LogP contribution in [0.3, 0.4) is 0 Å². The Kier molecular flexibility index (Phi) is 9.23. The molecule has 3 saturated heterocycles. The van der Waals surface area contributed by atoms with Crippen LogP contribution in [-0.4, -0.2) is 127 Å². The summed E-state index contributed by atoms with van der Waals surface area (Å²) >= 11 is 0. The molecule has 0 bridgehead atoms. The highest BCUT2D eigenvalue weighted by Crippen LogP contribution is 2.61. The SMILES string of the molecule is O=C1CCN([C@@H]2O[C@H](COP(=O)(O)OP(=O)(O)O[C@H]3O[C@H](CO)[C@@H](O)[C@H](O)[C@H]3F)[C@@H](O)[C@H]2O)C(=O)N1. The van der Waals surface area contributed by atoms with Crippen LogP contribution in [0, 0.1) is 0 Å². The predicted octanol–water partition coefficient (Wildman–Crippen LogP) is -3.60. The molecule has 3 aliphatic heterocycles. The van der Waals surface area contributed by atoms with Crippen molar-refractivity contribution < 1.29 is 81.3 Å². The molecule has 3 aliphatic rings. The molecule has 3 heterocycles. The van der Waals surface area contributed by atoms with Crippen molar-refractivity contribution in [2.75, 3.05) is 19.8 Å². The van der Waals surface area contributed by atoms with Crippen LogP contribution in [0.15, 0.2) is 0 Å². The van der Waals surface area contributed by atoms with Crippen molar-refractivity contribution in [1.29, 1.82) is 0 Å². The quantitative estimate of drug-likeness (QED) is 0.124. The zero-order valence-electron chi connectivity index (χ0n) is 18.0. The summed E-state index contributed by atoms with van der Waals surface area (Å²) in [6, 6.07) is -0.921. The molecular formula is C15H25FN2O16P2. The number of urea groups is 1. The van der Waals surface area contributed by atoms with Gasteiger partial charge in [-0.1, -0.05) is 0 Å². The molecule has 8 N–H and O–H groups in total. The number of aliphatic hydroxyl groups excluding tert-OH is 5. The van der Waals surface area contributed by atoms with Gasteiger partial charge in [0.2, 0.25) is 12.2 Å². The van der Waals surface area contributed by atoms with Gasteiger partial charge in [-0.2, -0.15) is 4.31 Å². The fraction of sp³-hybridized carbons (Fsp3) is 0.867. The van der Waals surface area contributed by atoms with Crippen LogP contribution >= 0.6 is 15.6 Å². The summed E-state index contributed by atoms with van der Waals surface area (Å²) in [7, 11) is -11.2. The first-order chi connectivity index (χ1) is 16.7. The molecule has 2 unspecified atom stereocenters. The highest BCUT2D eigenvalue weighted by atomic mass is 31.3. The van der Waals surface area contributed by atoms with E-state index in [1.54, 1.807) is 0 Å². The molecule has 208 valence electrons. The highest BCUT2D eigenvalue weighted by Gasteiger charge is 2.51. The second-order valence-electron chi connectivity index (χ2n) is 7.91. The summed E-state index contributed by atoms with van der Waals surface area (Å²) < 4.78 is 61.1. The van der Waals surface area contributed by atoms with Crippen molar-refractivity contribution in [3.8, 4) is 0 Å². The van der Waals surface area contributed by atoms with Crippen molar-refractivity contribution in [2.24, 2.45) is 0 Å². The van der Waals surface area contributed by atoms with E-state index in [0.717, 1.165) is 4.90 Å². The molecule has 3 fully saturated rings. The lowest BCUT2D eigenvalue weighted by Gasteiger charge is -2.38. The number of aliphatic hydroxyl groups is 5. The van der Waals surface area contributed by atoms with Crippen molar-refractivity contribution in [1.82, 2.24) is 10.2 Å². The van der Waals surface area contributed by atoms with Crippen LogP contribution in [0.4, 0.5) is 9.18 Å². The summed E-state index contributed by atoms with van der Waals surface area (Å²) in [5.74, 6) is -0.575. The van der Waals surface area contributed by atoms with E-state index >= 15 is 0 Å². The number of carbonyl (C=O) groups is 2. The number of hydrogen-bond donors (Lipinski definition) is 8. The molecule has 36 heavy (non-hydrogen) atoms. The van der Waals surface area contributed by atoms with E-state index in [1.807, 2.05) is 5.32 Å². The fourth-order valence-electron chi connectivity index (χ4n) is 3.55. The molecule has 0 radical (unpaired) electrons. The Bertz CT molecular complexity index is 926. The van der Waals surface area contributed by atoms with Crippen LogP contribution in [0.1, 0.15) is 6.42 Å². The summed E-state index contributed by atoms with van der Waals surface area (Å²) in [6.07, 6.45) is -17.4. The van der Waals surface area contributed by atoms with Crippen molar-refractivity contribution in [3.63, 3.8) is 0 Å². The first-order valence-corrected chi connectivity index (χ1v) is 13.2. The van der Waals surface area contributed by atoms with Gasteiger partial charge >= 0.3 is 21.7 Å². The number of nitrogens with zero attached hydrogens (tertiary/aromatic N) is 1. The normalized spacial score (nSPS) is 41.0. The molecular weight excluding hydrogens is 545 g/mol. The molecule has 18 nitrogen and oxygen atoms in total. The van der Waals surface area contributed by atoms with Gasteiger partial charge in [-0.3, -0.25) is 24.1 Å². The average Bonchev–Trinajstić information content (AvgIpc) is 3.06. The third kappa shape index (κ3) is 6.64. The van der Waals surface area contributed by atoms with Crippen LogP contribution < -0.4 is 5.32 Å². The molecule has 0 aromatic rings. The van der Waals surface area contributed by atoms with E-state index in [-0.39, 0.29) is 13.0 Å². The third-order valence-corrected chi connectivity index (χ3v) is 7.98. The van der Waals surface area contributed by atoms with Gasteiger partial charge in [0, 0.05) is 13.0 Å². The van der Waals surface area contributed by atoms with Crippen LogP contribution in [0.5, 0.6) is 0 Å². The van der Waals surface area contributed by atoms with Crippen LogP contribution in [0.25, 0.3) is 0 Å². The molecule has 0 saturated carbocycles. The number of hydrogen-bond acceptors (Lipinski definition) is 14. The van der Waals surface area contributed by atoms with Crippen molar-refractivity contribution in [3.05, 3.63) is 0 Å². The number of alkyl halides is 1. The monoisotopic (exact) mass is 570 g/mol. The maximum Gasteiger partial charge on any atom is 0.483 e. The molecule has 11 atom stereocenters. The first kappa shape index (κ1) is 29.4. The first-order valence-electron chi connectivity index (χ1n) is 10.2. The lowest BCUT2D eigenvalue weighted by Crippen LogP contribution is -2.57.